The Morgan fingerprint density at radius 2 is 1.96 bits per heavy atom. The molecule has 0 radical (unpaired) electrons. The van der Waals surface area contributed by atoms with Gasteiger partial charge in [0.1, 0.15) is 11.3 Å². The lowest BCUT2D eigenvalue weighted by Gasteiger charge is -2.22. The number of nitro groups is 1. The largest absolute Gasteiger partial charge is 0.497 e. The first-order valence-corrected chi connectivity index (χ1v) is 8.25. The standard InChI is InChI=1S/C18H17ClN2O4/c1-25-15-7-2-12(3-8-15)11-20(14-5-6-14)18(22)16-9-4-13(19)10-17(16)21(23)24/h2-4,7-10,14H,5-6,11H2,1H3. The van der Waals surface area contributed by atoms with Crippen LogP contribution in [0.1, 0.15) is 28.8 Å². The average Bonchev–Trinajstić information content (AvgIpc) is 3.44. The predicted octanol–water partition coefficient (Wildman–Crippen LogP) is 4.06. The summed E-state index contributed by atoms with van der Waals surface area (Å²) in [7, 11) is 1.59. The number of halogens is 1. The van der Waals surface area contributed by atoms with Gasteiger partial charge in [-0.15, -0.1) is 0 Å². The van der Waals surface area contributed by atoms with Crippen LogP contribution < -0.4 is 4.74 Å². The van der Waals surface area contributed by atoms with Crippen molar-refractivity contribution >= 4 is 23.2 Å². The van der Waals surface area contributed by atoms with E-state index in [4.69, 9.17) is 16.3 Å². The van der Waals surface area contributed by atoms with E-state index in [9.17, 15) is 14.9 Å². The van der Waals surface area contributed by atoms with Crippen molar-refractivity contribution in [3.05, 3.63) is 68.7 Å². The molecule has 1 saturated carbocycles. The molecule has 0 aliphatic heterocycles. The molecule has 0 bridgehead atoms. The lowest BCUT2D eigenvalue weighted by Crippen LogP contribution is -2.33. The predicted molar refractivity (Wildman–Crippen MR) is 94.0 cm³/mol. The first-order valence-electron chi connectivity index (χ1n) is 7.87. The highest BCUT2D eigenvalue weighted by Gasteiger charge is 2.35. The van der Waals surface area contributed by atoms with E-state index >= 15 is 0 Å². The Morgan fingerprint density at radius 3 is 2.52 bits per heavy atom. The Balaban J connectivity index is 1.88. The summed E-state index contributed by atoms with van der Waals surface area (Å²) in [5.74, 6) is 0.392. The van der Waals surface area contributed by atoms with Gasteiger partial charge in [-0.2, -0.15) is 0 Å². The van der Waals surface area contributed by atoms with Crippen LogP contribution in [-0.2, 0) is 6.54 Å². The molecule has 7 heteroatoms. The first kappa shape index (κ1) is 17.2. The van der Waals surface area contributed by atoms with E-state index in [1.54, 1.807) is 12.0 Å². The van der Waals surface area contributed by atoms with Crippen LogP contribution in [0.3, 0.4) is 0 Å². The molecule has 0 spiro atoms. The van der Waals surface area contributed by atoms with E-state index in [2.05, 4.69) is 0 Å². The number of methoxy groups -OCH3 is 1. The molecule has 1 aliphatic rings. The van der Waals surface area contributed by atoms with Crippen LogP contribution in [0, 0.1) is 10.1 Å². The molecule has 0 N–H and O–H groups in total. The van der Waals surface area contributed by atoms with Crippen molar-refractivity contribution in [1.29, 1.82) is 0 Å². The van der Waals surface area contributed by atoms with Gasteiger partial charge in [-0.1, -0.05) is 23.7 Å². The molecular formula is C18H17ClN2O4. The minimum Gasteiger partial charge on any atom is -0.497 e. The van der Waals surface area contributed by atoms with E-state index in [-0.39, 0.29) is 28.2 Å². The van der Waals surface area contributed by atoms with Crippen molar-refractivity contribution in [2.24, 2.45) is 0 Å². The topological polar surface area (TPSA) is 72.7 Å². The summed E-state index contributed by atoms with van der Waals surface area (Å²) in [6.45, 7) is 0.396. The van der Waals surface area contributed by atoms with Gasteiger partial charge in [-0.05, 0) is 42.7 Å². The van der Waals surface area contributed by atoms with Crippen LogP contribution in [-0.4, -0.2) is 28.9 Å². The smallest absolute Gasteiger partial charge is 0.283 e. The van der Waals surface area contributed by atoms with Crippen LogP contribution >= 0.6 is 11.6 Å². The molecule has 25 heavy (non-hydrogen) atoms. The lowest BCUT2D eigenvalue weighted by atomic mass is 10.1. The van der Waals surface area contributed by atoms with Crippen LogP contribution in [0.25, 0.3) is 0 Å². The Kier molecular flexibility index (Phi) is 4.90. The maximum atomic E-state index is 12.9. The Labute approximate surface area is 150 Å². The zero-order chi connectivity index (χ0) is 18.0. The monoisotopic (exact) mass is 360 g/mol. The van der Waals surface area contributed by atoms with Crippen molar-refractivity contribution in [2.45, 2.75) is 25.4 Å². The minimum absolute atomic E-state index is 0.0646. The second-order valence-electron chi connectivity index (χ2n) is 5.93. The van der Waals surface area contributed by atoms with E-state index in [1.807, 2.05) is 24.3 Å². The fraction of sp³-hybridized carbons (Fsp3) is 0.278. The fourth-order valence-electron chi connectivity index (χ4n) is 2.67. The van der Waals surface area contributed by atoms with Gasteiger partial charge in [-0.3, -0.25) is 14.9 Å². The van der Waals surface area contributed by atoms with Crippen molar-refractivity contribution in [1.82, 2.24) is 4.90 Å². The fourth-order valence-corrected chi connectivity index (χ4v) is 2.84. The molecule has 6 nitrogen and oxygen atoms in total. The molecule has 3 rings (SSSR count). The van der Waals surface area contributed by atoms with Gasteiger partial charge < -0.3 is 9.64 Å². The number of hydrogen-bond acceptors (Lipinski definition) is 4. The molecule has 1 fully saturated rings. The van der Waals surface area contributed by atoms with E-state index in [0.717, 1.165) is 24.2 Å². The van der Waals surface area contributed by atoms with Crippen LogP contribution in [0.5, 0.6) is 5.75 Å². The molecule has 0 saturated heterocycles. The number of hydrogen-bond donors (Lipinski definition) is 0. The van der Waals surface area contributed by atoms with Crippen LogP contribution in [0.4, 0.5) is 5.69 Å². The average molecular weight is 361 g/mol. The molecule has 0 unspecified atom stereocenters. The van der Waals surface area contributed by atoms with E-state index < -0.39 is 4.92 Å². The van der Waals surface area contributed by atoms with E-state index in [0.29, 0.717) is 6.54 Å². The van der Waals surface area contributed by atoms with Crippen molar-refractivity contribution < 1.29 is 14.5 Å². The number of nitrogens with zero attached hydrogens (tertiary/aromatic N) is 2. The van der Waals surface area contributed by atoms with Crippen LogP contribution in [0.2, 0.25) is 5.02 Å². The maximum Gasteiger partial charge on any atom is 0.283 e. The maximum absolute atomic E-state index is 12.9. The van der Waals surface area contributed by atoms with Gasteiger partial charge >= 0.3 is 0 Å². The quantitative estimate of drug-likeness (QED) is 0.575. The zero-order valence-corrected chi connectivity index (χ0v) is 14.4. The van der Waals surface area contributed by atoms with Gasteiger partial charge in [-0.25, -0.2) is 0 Å². The molecule has 0 aromatic heterocycles. The van der Waals surface area contributed by atoms with Gasteiger partial charge in [0, 0.05) is 23.7 Å². The molecule has 1 amide bonds. The third kappa shape index (κ3) is 3.91. The molecule has 0 atom stereocenters. The molecule has 0 heterocycles. The summed E-state index contributed by atoms with van der Waals surface area (Å²) in [6.07, 6.45) is 1.81. The number of carbonyl (C=O) groups is 1. The van der Waals surface area contributed by atoms with Gasteiger partial charge in [0.25, 0.3) is 11.6 Å². The van der Waals surface area contributed by atoms with Gasteiger partial charge in [0.05, 0.1) is 12.0 Å². The summed E-state index contributed by atoms with van der Waals surface area (Å²) in [5.41, 5.74) is 0.741. The Bertz CT molecular complexity index is 803. The zero-order valence-electron chi connectivity index (χ0n) is 13.6. The second-order valence-corrected chi connectivity index (χ2v) is 6.37. The normalized spacial score (nSPS) is 13.4. The second kappa shape index (κ2) is 7.11. The molecule has 2 aromatic carbocycles. The molecule has 130 valence electrons. The number of benzene rings is 2. The molecule has 1 aliphatic carbocycles. The molecular weight excluding hydrogens is 344 g/mol. The van der Waals surface area contributed by atoms with E-state index in [1.165, 1.54) is 18.2 Å². The van der Waals surface area contributed by atoms with Crippen molar-refractivity contribution in [3.63, 3.8) is 0 Å². The van der Waals surface area contributed by atoms with Crippen molar-refractivity contribution in [3.8, 4) is 5.75 Å². The summed E-state index contributed by atoms with van der Waals surface area (Å²) >= 11 is 5.84. The van der Waals surface area contributed by atoms with Crippen LogP contribution in [0.15, 0.2) is 42.5 Å². The minimum atomic E-state index is -0.572. The summed E-state index contributed by atoms with van der Waals surface area (Å²) in [5, 5.41) is 11.5. The highest BCUT2D eigenvalue weighted by atomic mass is 35.5. The summed E-state index contributed by atoms with van der Waals surface area (Å²) < 4.78 is 5.14. The Hall–Kier alpha value is -2.60. The third-order valence-electron chi connectivity index (χ3n) is 4.15. The van der Waals surface area contributed by atoms with Gasteiger partial charge in [0.15, 0.2) is 0 Å². The highest BCUT2D eigenvalue weighted by molar-refractivity contribution is 6.31. The Morgan fingerprint density at radius 1 is 1.28 bits per heavy atom. The summed E-state index contributed by atoms with van der Waals surface area (Å²) in [6, 6.07) is 11.7. The highest BCUT2D eigenvalue weighted by Crippen LogP contribution is 2.32. The first-order chi connectivity index (χ1) is 12.0. The number of ether oxygens (including phenoxy) is 1. The third-order valence-corrected chi connectivity index (χ3v) is 4.38. The van der Waals surface area contributed by atoms with Gasteiger partial charge in [0.2, 0.25) is 0 Å². The number of rotatable bonds is 6. The number of amides is 1. The summed E-state index contributed by atoms with van der Waals surface area (Å²) in [4.78, 5) is 25.3. The van der Waals surface area contributed by atoms with Crippen molar-refractivity contribution in [2.75, 3.05) is 7.11 Å². The molecule has 2 aromatic rings. The number of nitro benzene ring substituents is 1. The lowest BCUT2D eigenvalue weighted by molar-refractivity contribution is -0.385. The number of carbonyl (C=O) groups excluding carboxylic acids is 1. The SMILES string of the molecule is COc1ccc(CN(C(=O)c2ccc(Cl)cc2[N+](=O)[O-])C2CC2)cc1.